The Morgan fingerprint density at radius 2 is 2.19 bits per heavy atom. The van der Waals surface area contributed by atoms with Gasteiger partial charge in [0.1, 0.15) is 0 Å². The third-order valence-electron chi connectivity index (χ3n) is 1.77. The summed E-state index contributed by atoms with van der Waals surface area (Å²) in [5.74, 6) is -1.59. The van der Waals surface area contributed by atoms with Crippen molar-refractivity contribution in [1.82, 2.24) is 10.2 Å². The monoisotopic (exact) mass is 302 g/mol. The normalized spacial score (nSPS) is 10.4. The Bertz CT molecular complexity index is 555. The van der Waals surface area contributed by atoms with Crippen molar-refractivity contribution in [3.8, 4) is 11.5 Å². The van der Waals surface area contributed by atoms with Crippen LogP contribution in [0.1, 0.15) is 10.7 Å². The lowest BCUT2D eigenvalue weighted by molar-refractivity contribution is 0.0654. The maximum atomic E-state index is 10.5. The van der Waals surface area contributed by atoms with Crippen LogP contribution >= 0.6 is 27.5 Å². The van der Waals surface area contributed by atoms with Crippen LogP contribution in [0.3, 0.4) is 0 Å². The van der Waals surface area contributed by atoms with Crippen LogP contribution in [0.15, 0.2) is 27.1 Å². The van der Waals surface area contributed by atoms with Crippen LogP contribution < -0.4 is 0 Å². The third kappa shape index (κ3) is 2.07. The molecule has 0 bridgehead atoms. The van der Waals surface area contributed by atoms with E-state index in [1.165, 1.54) is 0 Å². The summed E-state index contributed by atoms with van der Waals surface area (Å²) >= 11 is 9.12. The van der Waals surface area contributed by atoms with E-state index in [1.54, 1.807) is 18.2 Å². The summed E-state index contributed by atoms with van der Waals surface area (Å²) in [5.41, 5.74) is 0.563. The highest BCUT2D eigenvalue weighted by molar-refractivity contribution is 9.10. The molecule has 0 aliphatic heterocycles. The molecular formula is C9H4BrClN2O3. The highest BCUT2D eigenvalue weighted by Gasteiger charge is 2.14. The van der Waals surface area contributed by atoms with Gasteiger partial charge in [-0.3, -0.25) is 0 Å². The van der Waals surface area contributed by atoms with Crippen molar-refractivity contribution < 1.29 is 14.3 Å². The van der Waals surface area contributed by atoms with Crippen LogP contribution in [-0.2, 0) is 0 Å². The molecule has 16 heavy (non-hydrogen) atoms. The van der Waals surface area contributed by atoms with Gasteiger partial charge < -0.3 is 9.52 Å². The SMILES string of the molecule is O=C(O)c1nnc(-c2ccc(Br)c(Cl)c2)o1. The summed E-state index contributed by atoms with van der Waals surface area (Å²) in [7, 11) is 0. The first kappa shape index (κ1) is 11.1. The number of carboxylic acid groups (broad SMARTS) is 1. The largest absolute Gasteiger partial charge is 0.474 e. The molecule has 0 atom stereocenters. The van der Waals surface area contributed by atoms with E-state index >= 15 is 0 Å². The first-order valence-corrected chi connectivity index (χ1v) is 5.27. The number of halogens is 2. The number of nitrogens with zero attached hydrogens (tertiary/aromatic N) is 2. The van der Waals surface area contributed by atoms with Gasteiger partial charge in [-0.15, -0.1) is 10.2 Å². The summed E-state index contributed by atoms with van der Waals surface area (Å²) in [6.45, 7) is 0. The molecule has 0 aliphatic carbocycles. The molecule has 1 heterocycles. The second-order valence-corrected chi connectivity index (χ2v) is 4.11. The Kier molecular flexibility index (Phi) is 2.93. The smallest absolute Gasteiger partial charge is 0.393 e. The van der Waals surface area contributed by atoms with Gasteiger partial charge in [-0.05, 0) is 34.1 Å². The molecule has 2 rings (SSSR count). The van der Waals surface area contributed by atoms with Crippen LogP contribution in [-0.4, -0.2) is 21.3 Å². The van der Waals surface area contributed by atoms with E-state index in [0.717, 1.165) is 4.47 Å². The van der Waals surface area contributed by atoms with E-state index in [9.17, 15) is 4.79 Å². The molecular weight excluding hydrogens is 299 g/mol. The van der Waals surface area contributed by atoms with Gasteiger partial charge in [-0.2, -0.15) is 0 Å². The minimum Gasteiger partial charge on any atom is -0.474 e. The number of aromatic nitrogens is 2. The molecule has 0 saturated heterocycles. The molecule has 0 spiro atoms. The van der Waals surface area contributed by atoms with Gasteiger partial charge >= 0.3 is 11.9 Å². The Morgan fingerprint density at radius 1 is 1.44 bits per heavy atom. The molecule has 7 heteroatoms. The molecule has 0 unspecified atom stereocenters. The minimum atomic E-state index is -1.26. The maximum Gasteiger partial charge on any atom is 0.393 e. The van der Waals surface area contributed by atoms with Gasteiger partial charge in [0.15, 0.2) is 0 Å². The third-order valence-corrected chi connectivity index (χ3v) is 3.01. The summed E-state index contributed by atoms with van der Waals surface area (Å²) in [6, 6.07) is 5.00. The molecule has 82 valence electrons. The molecule has 0 radical (unpaired) electrons. The summed E-state index contributed by atoms with van der Waals surface area (Å²) < 4.78 is 5.66. The van der Waals surface area contributed by atoms with Crippen molar-refractivity contribution in [2.75, 3.05) is 0 Å². The molecule has 5 nitrogen and oxygen atoms in total. The molecule has 0 aliphatic rings. The average Bonchev–Trinajstić information content (AvgIpc) is 2.71. The lowest BCUT2D eigenvalue weighted by Gasteiger charge is -1.97. The predicted octanol–water partition coefficient (Wildman–Crippen LogP) is 2.85. The van der Waals surface area contributed by atoms with E-state index < -0.39 is 11.9 Å². The predicted molar refractivity (Wildman–Crippen MR) is 59.4 cm³/mol. The fraction of sp³-hybridized carbons (Fsp3) is 0. The van der Waals surface area contributed by atoms with Crippen molar-refractivity contribution >= 4 is 33.5 Å². The first-order chi connectivity index (χ1) is 7.58. The van der Waals surface area contributed by atoms with Crippen molar-refractivity contribution in [2.45, 2.75) is 0 Å². The van der Waals surface area contributed by atoms with Gasteiger partial charge in [0.2, 0.25) is 5.89 Å². The van der Waals surface area contributed by atoms with E-state index in [0.29, 0.717) is 10.6 Å². The van der Waals surface area contributed by atoms with E-state index in [4.69, 9.17) is 21.1 Å². The van der Waals surface area contributed by atoms with Crippen LogP contribution in [0.5, 0.6) is 0 Å². The van der Waals surface area contributed by atoms with Crippen molar-refractivity contribution in [3.05, 3.63) is 33.6 Å². The first-order valence-electron chi connectivity index (χ1n) is 4.10. The standard InChI is InChI=1S/C9H4BrClN2O3/c10-5-2-1-4(3-6(5)11)7-12-13-8(16-7)9(14)15/h1-3H,(H,14,15). The number of hydrogen-bond acceptors (Lipinski definition) is 4. The van der Waals surface area contributed by atoms with Gasteiger partial charge in [-0.25, -0.2) is 4.79 Å². The zero-order valence-electron chi connectivity index (χ0n) is 7.65. The van der Waals surface area contributed by atoms with E-state index in [-0.39, 0.29) is 5.89 Å². The lowest BCUT2D eigenvalue weighted by Crippen LogP contribution is -1.95. The zero-order valence-corrected chi connectivity index (χ0v) is 9.99. The number of hydrogen-bond donors (Lipinski definition) is 1. The number of benzene rings is 1. The Balaban J connectivity index is 2.42. The van der Waals surface area contributed by atoms with E-state index in [2.05, 4.69) is 26.1 Å². The van der Waals surface area contributed by atoms with Crippen LogP contribution in [0, 0.1) is 0 Å². The fourth-order valence-electron chi connectivity index (χ4n) is 1.06. The molecule has 0 fully saturated rings. The number of aromatic carboxylic acids is 1. The molecule has 1 N–H and O–H groups in total. The maximum absolute atomic E-state index is 10.5. The topological polar surface area (TPSA) is 76.2 Å². The molecule has 1 aromatic heterocycles. The van der Waals surface area contributed by atoms with Gasteiger partial charge in [0.25, 0.3) is 0 Å². The van der Waals surface area contributed by atoms with Crippen molar-refractivity contribution in [3.63, 3.8) is 0 Å². The lowest BCUT2D eigenvalue weighted by atomic mass is 10.2. The van der Waals surface area contributed by atoms with Gasteiger partial charge in [-0.1, -0.05) is 11.6 Å². The highest BCUT2D eigenvalue weighted by atomic mass is 79.9. The number of carbonyl (C=O) groups is 1. The second-order valence-electron chi connectivity index (χ2n) is 2.85. The molecule has 2 aromatic rings. The zero-order chi connectivity index (χ0) is 11.7. The molecule has 0 amide bonds. The minimum absolute atomic E-state index is 0.117. The summed E-state index contributed by atoms with van der Waals surface area (Å²) in [5, 5.41) is 16.1. The second kappa shape index (κ2) is 4.23. The van der Waals surface area contributed by atoms with E-state index in [1.807, 2.05) is 0 Å². The summed E-state index contributed by atoms with van der Waals surface area (Å²) in [6.07, 6.45) is 0. The van der Waals surface area contributed by atoms with Crippen molar-refractivity contribution in [1.29, 1.82) is 0 Å². The fourth-order valence-corrected chi connectivity index (χ4v) is 1.48. The number of rotatable bonds is 2. The molecule has 0 saturated carbocycles. The molecule has 1 aromatic carbocycles. The van der Waals surface area contributed by atoms with Crippen LogP contribution in [0.25, 0.3) is 11.5 Å². The Labute approximate surface area is 103 Å². The van der Waals surface area contributed by atoms with Crippen LogP contribution in [0.2, 0.25) is 5.02 Å². The summed E-state index contributed by atoms with van der Waals surface area (Å²) in [4.78, 5) is 10.5. The average molecular weight is 303 g/mol. The Morgan fingerprint density at radius 3 is 2.75 bits per heavy atom. The van der Waals surface area contributed by atoms with Gasteiger partial charge in [0, 0.05) is 10.0 Å². The highest BCUT2D eigenvalue weighted by Crippen LogP contribution is 2.28. The van der Waals surface area contributed by atoms with Crippen LogP contribution in [0.4, 0.5) is 0 Å². The van der Waals surface area contributed by atoms with Crippen molar-refractivity contribution in [2.24, 2.45) is 0 Å². The quantitative estimate of drug-likeness (QED) is 0.923. The Hall–Kier alpha value is -1.40. The number of carboxylic acids is 1. The van der Waals surface area contributed by atoms with Gasteiger partial charge in [0.05, 0.1) is 5.02 Å².